The van der Waals surface area contributed by atoms with Gasteiger partial charge in [0.05, 0.1) is 24.5 Å². The van der Waals surface area contributed by atoms with Gasteiger partial charge in [-0.15, -0.1) is 0 Å². The molecule has 6 heteroatoms. The molecule has 124 valence electrons. The third-order valence-corrected chi connectivity index (χ3v) is 4.06. The van der Waals surface area contributed by atoms with Gasteiger partial charge in [0.15, 0.2) is 11.6 Å². The Morgan fingerprint density at radius 1 is 1.04 bits per heavy atom. The summed E-state index contributed by atoms with van der Waals surface area (Å²) in [4.78, 5) is 8.96. The molecule has 25 heavy (non-hydrogen) atoms. The molecule has 3 aromatic heterocycles. The van der Waals surface area contributed by atoms with E-state index in [0.29, 0.717) is 11.6 Å². The zero-order valence-electron chi connectivity index (χ0n) is 13.9. The molecule has 0 unspecified atom stereocenters. The Kier molecular flexibility index (Phi) is 3.78. The number of nitrogens with one attached hydrogen (secondary N) is 2. The lowest BCUT2D eigenvalue weighted by molar-refractivity contribution is 0.415. The van der Waals surface area contributed by atoms with Crippen LogP contribution in [-0.2, 0) is 0 Å². The number of benzene rings is 1. The minimum absolute atomic E-state index is 0.655. The maximum Gasteiger partial charge on any atom is 0.173 e. The quantitative estimate of drug-likeness (QED) is 0.589. The number of ether oxygens (including phenoxy) is 1. The minimum atomic E-state index is 0.655. The highest BCUT2D eigenvalue weighted by molar-refractivity contribution is 5.93. The van der Waals surface area contributed by atoms with Crippen LogP contribution in [0, 0.1) is 6.92 Å². The first-order valence-corrected chi connectivity index (χ1v) is 7.90. The SMILES string of the molecule is COc1cc(-c2cn[nH]c2)cnc1Nc1ccnc2cc(C)ccc12. The van der Waals surface area contributed by atoms with Crippen LogP contribution in [0.2, 0.25) is 0 Å². The summed E-state index contributed by atoms with van der Waals surface area (Å²) in [5, 5.41) is 11.2. The lowest BCUT2D eigenvalue weighted by Gasteiger charge is -2.13. The molecule has 0 spiro atoms. The molecule has 3 heterocycles. The van der Waals surface area contributed by atoms with Crippen LogP contribution in [0.5, 0.6) is 5.75 Å². The first kappa shape index (κ1) is 15.1. The molecular weight excluding hydrogens is 314 g/mol. The molecule has 0 saturated carbocycles. The lowest BCUT2D eigenvalue weighted by Crippen LogP contribution is -1.99. The molecule has 0 aliphatic carbocycles. The topological polar surface area (TPSA) is 75.7 Å². The highest BCUT2D eigenvalue weighted by atomic mass is 16.5. The van der Waals surface area contributed by atoms with Crippen molar-refractivity contribution < 1.29 is 4.74 Å². The van der Waals surface area contributed by atoms with Gasteiger partial charge in [-0.1, -0.05) is 12.1 Å². The van der Waals surface area contributed by atoms with Crippen molar-refractivity contribution in [2.75, 3.05) is 12.4 Å². The van der Waals surface area contributed by atoms with E-state index in [0.717, 1.165) is 27.7 Å². The number of aromatic amines is 1. The number of aryl methyl sites for hydroxylation is 1. The number of fused-ring (bicyclic) bond motifs is 1. The molecule has 0 aliphatic rings. The van der Waals surface area contributed by atoms with Crippen LogP contribution in [0.1, 0.15) is 5.56 Å². The van der Waals surface area contributed by atoms with Crippen LogP contribution in [0.25, 0.3) is 22.0 Å². The number of pyridine rings is 2. The molecule has 0 radical (unpaired) electrons. The minimum Gasteiger partial charge on any atom is -0.493 e. The van der Waals surface area contributed by atoms with E-state index in [9.17, 15) is 0 Å². The number of aromatic nitrogens is 4. The van der Waals surface area contributed by atoms with Gasteiger partial charge < -0.3 is 10.1 Å². The van der Waals surface area contributed by atoms with Crippen molar-refractivity contribution in [2.24, 2.45) is 0 Å². The Bertz CT molecular complexity index is 1030. The predicted molar refractivity (Wildman–Crippen MR) is 98.1 cm³/mol. The smallest absolute Gasteiger partial charge is 0.173 e. The van der Waals surface area contributed by atoms with E-state index in [1.54, 1.807) is 25.7 Å². The van der Waals surface area contributed by atoms with Gasteiger partial charge in [-0.3, -0.25) is 10.1 Å². The second kappa shape index (κ2) is 6.24. The van der Waals surface area contributed by atoms with Gasteiger partial charge in [0, 0.05) is 35.1 Å². The summed E-state index contributed by atoms with van der Waals surface area (Å²) in [6.45, 7) is 2.06. The van der Waals surface area contributed by atoms with Crippen molar-refractivity contribution in [3.63, 3.8) is 0 Å². The number of nitrogens with zero attached hydrogens (tertiary/aromatic N) is 3. The normalized spacial score (nSPS) is 10.8. The number of H-pyrrole nitrogens is 1. The molecular formula is C19H17N5O. The molecule has 0 saturated heterocycles. The predicted octanol–water partition coefficient (Wildman–Crippen LogP) is 4.08. The summed E-state index contributed by atoms with van der Waals surface area (Å²) in [5.41, 5.74) is 4.96. The Hall–Kier alpha value is -3.41. The summed E-state index contributed by atoms with van der Waals surface area (Å²) < 4.78 is 5.52. The van der Waals surface area contributed by atoms with Crippen LogP contribution in [0.15, 0.2) is 55.1 Å². The summed E-state index contributed by atoms with van der Waals surface area (Å²) in [7, 11) is 1.63. The zero-order valence-corrected chi connectivity index (χ0v) is 13.9. The lowest BCUT2D eigenvalue weighted by atomic mass is 10.1. The van der Waals surface area contributed by atoms with Gasteiger partial charge in [-0.05, 0) is 30.7 Å². The van der Waals surface area contributed by atoms with Crippen LogP contribution in [0.4, 0.5) is 11.5 Å². The Morgan fingerprint density at radius 2 is 1.96 bits per heavy atom. The Labute approximate surface area is 144 Å². The number of hydrogen-bond acceptors (Lipinski definition) is 5. The maximum absolute atomic E-state index is 5.52. The molecule has 0 bridgehead atoms. The van der Waals surface area contributed by atoms with E-state index in [1.807, 2.05) is 18.3 Å². The van der Waals surface area contributed by atoms with Gasteiger partial charge in [0.1, 0.15) is 0 Å². The van der Waals surface area contributed by atoms with E-state index < -0.39 is 0 Å². The van der Waals surface area contributed by atoms with Crippen LogP contribution >= 0.6 is 0 Å². The van der Waals surface area contributed by atoms with Gasteiger partial charge in [0.25, 0.3) is 0 Å². The van der Waals surface area contributed by atoms with E-state index in [-0.39, 0.29) is 0 Å². The van der Waals surface area contributed by atoms with Crippen molar-refractivity contribution in [1.29, 1.82) is 0 Å². The van der Waals surface area contributed by atoms with Crippen molar-refractivity contribution in [3.05, 3.63) is 60.7 Å². The number of anilines is 2. The average Bonchev–Trinajstić information content (AvgIpc) is 3.16. The standard InChI is InChI=1S/C19H17N5O/c1-12-3-4-15-16(5-6-20-17(15)7-12)24-19-18(25-2)8-13(9-21-19)14-10-22-23-11-14/h3-11H,1-2H3,(H,22,23)(H,20,21,24). The fraction of sp³-hybridized carbons (Fsp3) is 0.105. The van der Waals surface area contributed by atoms with Crippen molar-refractivity contribution in [3.8, 4) is 16.9 Å². The Balaban J connectivity index is 1.74. The molecule has 4 aromatic rings. The van der Waals surface area contributed by atoms with Crippen molar-refractivity contribution >= 4 is 22.4 Å². The fourth-order valence-electron chi connectivity index (χ4n) is 2.76. The summed E-state index contributed by atoms with van der Waals surface area (Å²) in [6.07, 6.45) is 7.16. The zero-order chi connectivity index (χ0) is 17.2. The molecule has 4 rings (SSSR count). The maximum atomic E-state index is 5.52. The van der Waals surface area contributed by atoms with Gasteiger partial charge in [0.2, 0.25) is 0 Å². The summed E-state index contributed by atoms with van der Waals surface area (Å²) in [5.74, 6) is 1.32. The number of methoxy groups -OCH3 is 1. The first-order valence-electron chi connectivity index (χ1n) is 7.90. The number of hydrogen-bond donors (Lipinski definition) is 2. The van der Waals surface area contributed by atoms with Crippen LogP contribution in [-0.4, -0.2) is 27.3 Å². The second-order valence-electron chi connectivity index (χ2n) is 5.77. The number of rotatable bonds is 4. The van der Waals surface area contributed by atoms with Crippen molar-refractivity contribution in [2.45, 2.75) is 6.92 Å². The molecule has 0 atom stereocenters. The first-order chi connectivity index (χ1) is 12.2. The fourth-order valence-corrected chi connectivity index (χ4v) is 2.76. The molecule has 1 aromatic carbocycles. The molecule has 2 N–H and O–H groups in total. The summed E-state index contributed by atoms with van der Waals surface area (Å²) in [6, 6.07) is 10.1. The van der Waals surface area contributed by atoms with Crippen LogP contribution in [0.3, 0.4) is 0 Å². The van der Waals surface area contributed by atoms with Gasteiger partial charge in [-0.2, -0.15) is 5.10 Å². The Morgan fingerprint density at radius 3 is 2.76 bits per heavy atom. The molecule has 0 aliphatic heterocycles. The van der Waals surface area contributed by atoms with E-state index in [2.05, 4.69) is 50.6 Å². The van der Waals surface area contributed by atoms with E-state index in [4.69, 9.17) is 4.74 Å². The van der Waals surface area contributed by atoms with E-state index in [1.165, 1.54) is 5.56 Å². The largest absolute Gasteiger partial charge is 0.493 e. The van der Waals surface area contributed by atoms with E-state index >= 15 is 0 Å². The van der Waals surface area contributed by atoms with Gasteiger partial charge in [-0.25, -0.2) is 4.98 Å². The second-order valence-corrected chi connectivity index (χ2v) is 5.77. The summed E-state index contributed by atoms with van der Waals surface area (Å²) >= 11 is 0. The highest BCUT2D eigenvalue weighted by Crippen LogP contribution is 2.32. The monoisotopic (exact) mass is 331 g/mol. The average molecular weight is 331 g/mol. The third-order valence-electron chi connectivity index (χ3n) is 4.06. The van der Waals surface area contributed by atoms with Crippen molar-refractivity contribution in [1.82, 2.24) is 20.2 Å². The molecule has 0 fully saturated rings. The highest BCUT2D eigenvalue weighted by Gasteiger charge is 2.10. The molecule has 6 nitrogen and oxygen atoms in total. The van der Waals surface area contributed by atoms with Gasteiger partial charge >= 0.3 is 0 Å². The third kappa shape index (κ3) is 2.89. The molecule has 0 amide bonds. The van der Waals surface area contributed by atoms with Crippen LogP contribution < -0.4 is 10.1 Å².